The number of ether oxygens (including phenoxy) is 2. The van der Waals surface area contributed by atoms with Crippen LogP contribution in [-0.2, 0) is 18.8 Å². The normalized spacial score (nSPS) is 10.5. The number of aryl methyl sites for hydroxylation is 1. The zero-order chi connectivity index (χ0) is 22.2. The molecule has 0 bridgehead atoms. The van der Waals surface area contributed by atoms with Crippen molar-refractivity contribution in [3.63, 3.8) is 0 Å². The van der Waals surface area contributed by atoms with Crippen molar-refractivity contribution in [2.75, 3.05) is 14.2 Å². The van der Waals surface area contributed by atoms with E-state index in [4.69, 9.17) is 9.47 Å². The van der Waals surface area contributed by atoms with Crippen LogP contribution in [0.15, 0.2) is 60.3 Å². The van der Waals surface area contributed by atoms with Crippen LogP contribution < -0.4 is 14.8 Å². The van der Waals surface area contributed by atoms with Crippen LogP contribution in [0.4, 0.5) is 0 Å². The highest BCUT2D eigenvalue weighted by Gasteiger charge is 2.16. The number of methoxy groups -OCH3 is 2. The highest BCUT2D eigenvalue weighted by Crippen LogP contribution is 2.25. The molecule has 1 aromatic heterocycles. The molecule has 0 saturated carbocycles. The van der Waals surface area contributed by atoms with Crippen LogP contribution in [0.3, 0.4) is 0 Å². The second-order valence-corrected chi connectivity index (χ2v) is 7.77. The van der Waals surface area contributed by atoms with Gasteiger partial charge in [0.15, 0.2) is 11.0 Å². The summed E-state index contributed by atoms with van der Waals surface area (Å²) < 4.78 is 12.5. The average molecular weight is 439 g/mol. The Labute approximate surface area is 186 Å². The van der Waals surface area contributed by atoms with Gasteiger partial charge < -0.3 is 19.4 Å². The molecule has 0 aliphatic rings. The van der Waals surface area contributed by atoms with Crippen molar-refractivity contribution < 1.29 is 14.3 Å². The monoisotopic (exact) mass is 438 g/mol. The van der Waals surface area contributed by atoms with E-state index >= 15 is 0 Å². The van der Waals surface area contributed by atoms with E-state index in [2.05, 4.69) is 47.2 Å². The number of amides is 1. The number of rotatable bonds is 10. The maximum absolute atomic E-state index is 12.8. The van der Waals surface area contributed by atoms with Gasteiger partial charge in [0.25, 0.3) is 5.91 Å². The lowest BCUT2D eigenvalue weighted by molar-refractivity contribution is 0.0946. The molecule has 0 aliphatic carbocycles. The Bertz CT molecular complexity index is 1060. The fraction of sp³-hybridized carbons (Fsp3) is 0.261. The Morgan fingerprint density at radius 2 is 2.03 bits per heavy atom. The Morgan fingerprint density at radius 3 is 2.74 bits per heavy atom. The van der Waals surface area contributed by atoms with E-state index in [1.807, 2.05) is 10.6 Å². The molecule has 31 heavy (non-hydrogen) atoms. The minimum Gasteiger partial charge on any atom is -0.497 e. The van der Waals surface area contributed by atoms with E-state index < -0.39 is 0 Å². The second-order valence-electron chi connectivity index (χ2n) is 6.82. The third kappa shape index (κ3) is 5.67. The number of thioether (sulfide) groups is 1. The largest absolute Gasteiger partial charge is 0.497 e. The fourth-order valence-electron chi connectivity index (χ4n) is 3.06. The number of carbonyl (C=O) groups is 1. The van der Waals surface area contributed by atoms with Crippen molar-refractivity contribution in [2.24, 2.45) is 0 Å². The minimum atomic E-state index is -0.280. The third-order valence-corrected chi connectivity index (χ3v) is 5.65. The molecule has 1 amide bonds. The highest BCUT2D eigenvalue weighted by atomic mass is 32.2. The van der Waals surface area contributed by atoms with Gasteiger partial charge in [-0.15, -0.1) is 16.8 Å². The smallest absolute Gasteiger partial charge is 0.255 e. The molecule has 7 nitrogen and oxygen atoms in total. The summed E-state index contributed by atoms with van der Waals surface area (Å²) in [5.74, 6) is 2.21. The average Bonchev–Trinajstić information content (AvgIpc) is 3.17. The van der Waals surface area contributed by atoms with Crippen molar-refractivity contribution in [2.45, 2.75) is 30.9 Å². The maximum Gasteiger partial charge on any atom is 0.255 e. The lowest BCUT2D eigenvalue weighted by Crippen LogP contribution is -2.25. The topological polar surface area (TPSA) is 78.3 Å². The van der Waals surface area contributed by atoms with Gasteiger partial charge in [-0.25, -0.2) is 0 Å². The van der Waals surface area contributed by atoms with E-state index in [1.165, 1.54) is 18.2 Å². The lowest BCUT2D eigenvalue weighted by atomic mass is 10.1. The summed E-state index contributed by atoms with van der Waals surface area (Å²) in [5.41, 5.74) is 2.84. The number of hydrogen-bond donors (Lipinski definition) is 1. The molecule has 0 radical (unpaired) electrons. The van der Waals surface area contributed by atoms with Crippen molar-refractivity contribution in [1.29, 1.82) is 0 Å². The van der Waals surface area contributed by atoms with Gasteiger partial charge in [0.05, 0.1) is 26.3 Å². The second kappa shape index (κ2) is 10.7. The zero-order valence-corrected chi connectivity index (χ0v) is 18.7. The predicted molar refractivity (Wildman–Crippen MR) is 122 cm³/mol. The van der Waals surface area contributed by atoms with Crippen LogP contribution >= 0.6 is 11.8 Å². The molecule has 0 spiro atoms. The van der Waals surface area contributed by atoms with Gasteiger partial charge in [-0.1, -0.05) is 47.7 Å². The molecule has 8 heteroatoms. The molecule has 1 N–H and O–H groups in total. The molecular weight excluding hydrogens is 412 g/mol. The summed E-state index contributed by atoms with van der Waals surface area (Å²) in [5, 5.41) is 12.3. The molecule has 162 valence electrons. The highest BCUT2D eigenvalue weighted by molar-refractivity contribution is 7.98. The van der Waals surface area contributed by atoms with Gasteiger partial charge in [-0.05, 0) is 30.7 Å². The minimum absolute atomic E-state index is 0.227. The number of benzene rings is 2. The Hall–Kier alpha value is -3.26. The summed E-state index contributed by atoms with van der Waals surface area (Å²) in [7, 11) is 3.08. The molecule has 1 heterocycles. The number of hydrogen-bond acceptors (Lipinski definition) is 6. The first-order valence-electron chi connectivity index (χ1n) is 9.77. The number of allylic oxidation sites excluding steroid dienone is 1. The Morgan fingerprint density at radius 1 is 1.19 bits per heavy atom. The number of carbonyl (C=O) groups excluding carboxylic acids is 1. The number of nitrogens with one attached hydrogen (secondary N) is 1. The Balaban J connectivity index is 1.71. The lowest BCUT2D eigenvalue weighted by Gasteiger charge is -2.12. The van der Waals surface area contributed by atoms with E-state index in [0.717, 1.165) is 10.9 Å². The van der Waals surface area contributed by atoms with Crippen LogP contribution in [0.25, 0.3) is 0 Å². The molecule has 0 saturated heterocycles. The van der Waals surface area contributed by atoms with Crippen molar-refractivity contribution >= 4 is 17.7 Å². The van der Waals surface area contributed by atoms with Gasteiger partial charge in [0.1, 0.15) is 11.5 Å². The molecule has 3 aromatic rings. The van der Waals surface area contributed by atoms with Gasteiger partial charge in [-0.2, -0.15) is 0 Å². The summed E-state index contributed by atoms with van der Waals surface area (Å²) >= 11 is 1.60. The van der Waals surface area contributed by atoms with Gasteiger partial charge >= 0.3 is 0 Å². The van der Waals surface area contributed by atoms with Gasteiger partial charge in [0, 0.05) is 12.3 Å². The first-order chi connectivity index (χ1) is 15.0. The summed E-state index contributed by atoms with van der Waals surface area (Å²) in [6.45, 7) is 6.68. The molecule has 0 unspecified atom stereocenters. The molecule has 0 aliphatic heterocycles. The van der Waals surface area contributed by atoms with Crippen molar-refractivity contribution in [3.8, 4) is 11.5 Å². The van der Waals surface area contributed by atoms with Gasteiger partial charge in [0.2, 0.25) is 0 Å². The summed E-state index contributed by atoms with van der Waals surface area (Å²) in [4.78, 5) is 12.8. The zero-order valence-electron chi connectivity index (χ0n) is 17.9. The summed E-state index contributed by atoms with van der Waals surface area (Å²) in [6.07, 6.45) is 1.79. The van der Waals surface area contributed by atoms with Crippen LogP contribution in [0.1, 0.15) is 27.3 Å². The SMILES string of the molecule is C=CCn1c(CNC(=O)c2cc(OC)ccc2OC)nnc1SCc1cccc(C)c1. The van der Waals surface area contributed by atoms with E-state index in [-0.39, 0.29) is 12.5 Å². The molecule has 0 atom stereocenters. The molecule has 0 fully saturated rings. The number of aromatic nitrogens is 3. The first kappa shape index (κ1) is 22.4. The number of nitrogens with zero attached hydrogens (tertiary/aromatic N) is 3. The van der Waals surface area contributed by atoms with Crippen LogP contribution in [-0.4, -0.2) is 34.9 Å². The standard InChI is InChI=1S/C23H26N4O3S/c1-5-11-27-21(25-26-23(27)31-15-17-8-6-7-16(2)12-17)14-24-22(28)19-13-18(29-3)9-10-20(19)30-4/h5-10,12-13H,1,11,14-15H2,2-4H3,(H,24,28). The van der Waals surface area contributed by atoms with Crippen molar-refractivity contribution in [1.82, 2.24) is 20.1 Å². The first-order valence-corrected chi connectivity index (χ1v) is 10.8. The van der Waals surface area contributed by atoms with Crippen molar-refractivity contribution in [3.05, 3.63) is 77.6 Å². The summed E-state index contributed by atoms with van der Waals surface area (Å²) in [6, 6.07) is 13.5. The van der Waals surface area contributed by atoms with Crippen LogP contribution in [0.2, 0.25) is 0 Å². The fourth-order valence-corrected chi connectivity index (χ4v) is 3.97. The van der Waals surface area contributed by atoms with Crippen LogP contribution in [0, 0.1) is 6.92 Å². The predicted octanol–water partition coefficient (Wildman–Crippen LogP) is 4.01. The molecular formula is C23H26N4O3S. The van der Waals surface area contributed by atoms with E-state index in [9.17, 15) is 4.79 Å². The maximum atomic E-state index is 12.8. The van der Waals surface area contributed by atoms with Crippen LogP contribution in [0.5, 0.6) is 11.5 Å². The van der Waals surface area contributed by atoms with Gasteiger partial charge in [-0.3, -0.25) is 4.79 Å². The quantitative estimate of drug-likeness (QED) is 0.381. The molecule has 2 aromatic carbocycles. The van der Waals surface area contributed by atoms with E-state index in [1.54, 1.807) is 43.1 Å². The Kier molecular flexibility index (Phi) is 7.72. The van der Waals surface area contributed by atoms with E-state index in [0.29, 0.717) is 29.4 Å². The molecule has 3 rings (SSSR count). The third-order valence-electron chi connectivity index (χ3n) is 4.61.